The number of imide groups is 2. The van der Waals surface area contributed by atoms with Gasteiger partial charge in [0.25, 0.3) is 11.8 Å². The third-order valence-corrected chi connectivity index (χ3v) is 8.23. The molecule has 3 aliphatic heterocycles. The monoisotopic (exact) mass is 523 g/mol. The molecule has 11 nitrogen and oxygen atoms in total. The zero-order valence-electron chi connectivity index (χ0n) is 21.2. The van der Waals surface area contributed by atoms with Gasteiger partial charge in [0, 0.05) is 37.4 Å². The van der Waals surface area contributed by atoms with Gasteiger partial charge in [-0.1, -0.05) is 6.07 Å². The Hall–Kier alpha value is -3.89. The van der Waals surface area contributed by atoms with E-state index >= 15 is 0 Å². The van der Waals surface area contributed by atoms with Crippen molar-refractivity contribution < 1.29 is 38.4 Å². The van der Waals surface area contributed by atoms with Gasteiger partial charge >= 0.3 is 5.97 Å². The van der Waals surface area contributed by atoms with Crippen molar-refractivity contribution in [3.8, 4) is 0 Å². The van der Waals surface area contributed by atoms with Gasteiger partial charge in [0.05, 0.1) is 11.5 Å². The van der Waals surface area contributed by atoms with Gasteiger partial charge in [0.15, 0.2) is 0 Å². The minimum atomic E-state index is -1.02. The first-order valence-electron chi connectivity index (χ1n) is 13.1. The molecule has 3 heterocycles. The van der Waals surface area contributed by atoms with Gasteiger partial charge in [-0.2, -0.15) is 0 Å². The number of aliphatic carboxylic acids is 1. The lowest BCUT2D eigenvalue weighted by Crippen LogP contribution is -2.54. The number of nitrogens with one attached hydrogen (secondary N) is 1. The maximum Gasteiger partial charge on any atom is 0.308 e. The minimum absolute atomic E-state index is 0.0408. The molecule has 0 aromatic heterocycles. The van der Waals surface area contributed by atoms with E-state index < -0.39 is 41.6 Å². The maximum absolute atomic E-state index is 13.4. The Balaban J connectivity index is 1.27. The highest BCUT2D eigenvalue weighted by Crippen LogP contribution is 2.35. The smallest absolute Gasteiger partial charge is 0.308 e. The molecule has 2 atom stereocenters. The second-order valence-corrected chi connectivity index (χ2v) is 10.6. The molecule has 3 fully saturated rings. The van der Waals surface area contributed by atoms with Crippen molar-refractivity contribution in [3.05, 3.63) is 29.3 Å². The van der Waals surface area contributed by atoms with Crippen molar-refractivity contribution in [3.63, 3.8) is 0 Å². The molecule has 1 saturated carbocycles. The van der Waals surface area contributed by atoms with Crippen LogP contribution in [0.5, 0.6) is 0 Å². The zero-order valence-corrected chi connectivity index (χ0v) is 21.2. The molecule has 4 aliphatic rings. The fraction of sp³-hybridized carbons (Fsp3) is 0.519. The van der Waals surface area contributed by atoms with E-state index in [0.717, 1.165) is 17.7 Å². The molecule has 200 valence electrons. The Labute approximate surface area is 219 Å². The third-order valence-electron chi connectivity index (χ3n) is 8.23. The van der Waals surface area contributed by atoms with E-state index in [-0.39, 0.29) is 48.3 Å². The molecule has 0 bridgehead atoms. The van der Waals surface area contributed by atoms with Crippen molar-refractivity contribution >= 4 is 47.4 Å². The molecule has 2 N–H and O–H groups in total. The molecule has 0 radical (unpaired) electrons. The second-order valence-electron chi connectivity index (χ2n) is 10.6. The quantitative estimate of drug-likeness (QED) is 0.335. The molecule has 1 aromatic rings. The fourth-order valence-corrected chi connectivity index (χ4v) is 6.12. The van der Waals surface area contributed by atoms with Gasteiger partial charge in [0.2, 0.25) is 23.4 Å². The summed E-state index contributed by atoms with van der Waals surface area (Å²) in [5, 5.41) is 11.4. The van der Waals surface area contributed by atoms with Gasteiger partial charge in [-0.25, -0.2) is 4.58 Å². The Morgan fingerprint density at radius 2 is 1.74 bits per heavy atom. The van der Waals surface area contributed by atoms with Crippen molar-refractivity contribution in [2.45, 2.75) is 51.0 Å². The van der Waals surface area contributed by atoms with Crippen LogP contribution in [0.15, 0.2) is 18.2 Å². The Morgan fingerprint density at radius 3 is 2.39 bits per heavy atom. The predicted molar refractivity (Wildman–Crippen MR) is 133 cm³/mol. The topological polar surface area (TPSA) is 144 Å². The van der Waals surface area contributed by atoms with Crippen molar-refractivity contribution in [1.29, 1.82) is 0 Å². The largest absolute Gasteiger partial charge is 0.481 e. The molecule has 0 spiro atoms. The number of amides is 5. The molecule has 1 aliphatic carbocycles. The van der Waals surface area contributed by atoms with Crippen LogP contribution in [0.4, 0.5) is 5.69 Å². The Morgan fingerprint density at radius 1 is 1.00 bits per heavy atom. The summed E-state index contributed by atoms with van der Waals surface area (Å²) in [6, 6.07) is 4.02. The number of carbonyl (C=O) groups is 6. The molecule has 5 amide bonds. The van der Waals surface area contributed by atoms with Crippen LogP contribution in [0.25, 0.3) is 0 Å². The van der Waals surface area contributed by atoms with Crippen LogP contribution in [0.2, 0.25) is 0 Å². The number of benzene rings is 1. The average Bonchev–Trinajstić information content (AvgIpc) is 3.49. The molecule has 1 unspecified atom stereocenters. The van der Waals surface area contributed by atoms with Crippen molar-refractivity contribution in [2.75, 3.05) is 20.1 Å². The fourth-order valence-electron chi connectivity index (χ4n) is 6.12. The summed E-state index contributed by atoms with van der Waals surface area (Å²) in [7, 11) is 1.82. The highest BCUT2D eigenvalue weighted by molar-refractivity contribution is 6.25. The SMILES string of the molecule is C/[N+](=C/C1CCC(C(=O)N2CC[C@@H](C(=O)O)C2)CC1)c1cccc2c1C(=O)N(C1CCC(=O)NC1=O)C2=O. The van der Waals surface area contributed by atoms with Gasteiger partial charge in [0.1, 0.15) is 24.9 Å². The van der Waals surface area contributed by atoms with E-state index in [4.69, 9.17) is 0 Å². The van der Waals surface area contributed by atoms with E-state index in [1.165, 1.54) is 0 Å². The number of fused-ring (bicyclic) bond motifs is 1. The highest BCUT2D eigenvalue weighted by Gasteiger charge is 2.47. The molecule has 1 aromatic carbocycles. The number of carbonyl (C=O) groups excluding carboxylic acids is 5. The number of likely N-dealkylation sites (tertiary alicyclic amines) is 1. The Kier molecular flexibility index (Phi) is 6.85. The highest BCUT2D eigenvalue weighted by atomic mass is 16.4. The summed E-state index contributed by atoms with van der Waals surface area (Å²) < 4.78 is 1.84. The predicted octanol–water partition coefficient (Wildman–Crippen LogP) is 1.17. The number of hydrogen-bond acceptors (Lipinski definition) is 6. The zero-order chi connectivity index (χ0) is 27.1. The molecular formula is C27H31N4O7+. The first-order valence-corrected chi connectivity index (χ1v) is 13.1. The summed E-state index contributed by atoms with van der Waals surface area (Å²) in [5.74, 6) is -3.38. The van der Waals surface area contributed by atoms with E-state index in [0.29, 0.717) is 31.5 Å². The Bertz CT molecular complexity index is 1260. The standard InChI is InChI=1S/C27H30N4O7/c1-29(13-15-5-7-16(8-6-15)24(34)30-12-11-17(14-30)27(37)38)19-4-2-3-18-22(19)26(36)31(25(18)35)20-9-10-21(32)28-23(20)33/h2-4,13,15-17,20H,5-12,14H2,1H3,(H-,28,32,33,37,38)/p+1/b29-13-/t15?,16?,17-,20?/m1/s1. The first kappa shape index (κ1) is 25.7. The van der Waals surface area contributed by atoms with Crippen molar-refractivity contribution in [1.82, 2.24) is 15.1 Å². The van der Waals surface area contributed by atoms with Crippen molar-refractivity contribution in [2.24, 2.45) is 17.8 Å². The maximum atomic E-state index is 13.4. The molecule has 5 rings (SSSR count). The molecule has 38 heavy (non-hydrogen) atoms. The molecule has 11 heteroatoms. The summed E-state index contributed by atoms with van der Waals surface area (Å²) in [6.45, 7) is 0.775. The number of hydrogen-bond donors (Lipinski definition) is 2. The number of nitrogens with zero attached hydrogens (tertiary/aromatic N) is 3. The van der Waals surface area contributed by atoms with E-state index in [1.807, 2.05) is 17.8 Å². The number of piperidine rings is 1. The molecule has 2 saturated heterocycles. The third kappa shape index (κ3) is 4.61. The summed E-state index contributed by atoms with van der Waals surface area (Å²) in [4.78, 5) is 77.2. The normalized spacial score (nSPS) is 28.0. The van der Waals surface area contributed by atoms with Crippen LogP contribution in [-0.4, -0.2) is 87.4 Å². The first-order chi connectivity index (χ1) is 18.2. The van der Waals surface area contributed by atoms with Crippen LogP contribution in [0.1, 0.15) is 65.7 Å². The van der Waals surface area contributed by atoms with E-state index in [2.05, 4.69) is 5.32 Å². The van der Waals surface area contributed by atoms with Gasteiger partial charge in [-0.05, 0) is 44.6 Å². The number of carboxylic acid groups (broad SMARTS) is 1. The summed E-state index contributed by atoms with van der Waals surface area (Å²) >= 11 is 0. The summed E-state index contributed by atoms with van der Waals surface area (Å²) in [6.07, 6.45) is 5.64. The number of rotatable bonds is 5. The lowest BCUT2D eigenvalue weighted by atomic mass is 9.82. The lowest BCUT2D eigenvalue weighted by molar-refractivity contribution is -0.402. The van der Waals surface area contributed by atoms with Crippen LogP contribution < -0.4 is 5.32 Å². The van der Waals surface area contributed by atoms with E-state index in [1.54, 1.807) is 23.1 Å². The van der Waals surface area contributed by atoms with Gasteiger partial charge < -0.3 is 10.0 Å². The van der Waals surface area contributed by atoms with Crippen LogP contribution >= 0.6 is 0 Å². The minimum Gasteiger partial charge on any atom is -0.481 e. The van der Waals surface area contributed by atoms with Crippen LogP contribution in [-0.2, 0) is 19.2 Å². The lowest BCUT2D eigenvalue weighted by Gasteiger charge is -2.28. The number of carboxylic acids is 1. The van der Waals surface area contributed by atoms with E-state index in [9.17, 15) is 33.9 Å². The van der Waals surface area contributed by atoms with Gasteiger partial charge in [-0.15, -0.1) is 0 Å². The van der Waals surface area contributed by atoms with Crippen LogP contribution in [0, 0.1) is 17.8 Å². The summed E-state index contributed by atoms with van der Waals surface area (Å²) in [5.41, 5.74) is 1.04. The average molecular weight is 524 g/mol. The van der Waals surface area contributed by atoms with Crippen LogP contribution in [0.3, 0.4) is 0 Å². The molecular weight excluding hydrogens is 492 g/mol. The second kappa shape index (κ2) is 10.1. The van der Waals surface area contributed by atoms with Gasteiger partial charge in [-0.3, -0.25) is 39.0 Å².